The number of piperidine rings is 1. The molecular weight excluding hydrogens is 272 g/mol. The number of thiophene rings is 1. The van der Waals surface area contributed by atoms with Crippen molar-refractivity contribution in [2.24, 2.45) is 0 Å². The van der Waals surface area contributed by atoms with E-state index in [1.165, 1.54) is 24.2 Å². The van der Waals surface area contributed by atoms with Crippen LogP contribution in [-0.2, 0) is 0 Å². The minimum atomic E-state index is -0.150. The first-order valence-corrected chi connectivity index (χ1v) is 7.66. The lowest BCUT2D eigenvalue weighted by molar-refractivity contribution is 0.0968. The number of carbonyl (C=O) groups excluding carboxylic acids is 1. The summed E-state index contributed by atoms with van der Waals surface area (Å²) in [7, 11) is 1.61. The molecule has 1 aliphatic rings. The smallest absolute Gasteiger partial charge is 0.263 e. The number of hydrogen-bond donors (Lipinski definition) is 3. The van der Waals surface area contributed by atoms with Gasteiger partial charge in [-0.1, -0.05) is 6.42 Å². The molecule has 5 nitrogen and oxygen atoms in total. The number of nitrogens with zero attached hydrogens (tertiary/aromatic N) is 1. The van der Waals surface area contributed by atoms with Crippen molar-refractivity contribution < 1.29 is 4.79 Å². The number of nitrogens with two attached hydrogens (primary N) is 1. The van der Waals surface area contributed by atoms with Crippen LogP contribution in [0.3, 0.4) is 0 Å². The molecule has 0 radical (unpaired) electrons. The molecule has 3 heterocycles. The van der Waals surface area contributed by atoms with Crippen molar-refractivity contribution in [2.45, 2.75) is 25.3 Å². The topological polar surface area (TPSA) is 80.0 Å². The first-order valence-electron chi connectivity index (χ1n) is 6.85. The molecule has 1 saturated heterocycles. The van der Waals surface area contributed by atoms with Gasteiger partial charge in [-0.25, -0.2) is 4.98 Å². The minimum Gasteiger partial charge on any atom is -0.397 e. The summed E-state index contributed by atoms with van der Waals surface area (Å²) < 4.78 is 0. The van der Waals surface area contributed by atoms with E-state index in [9.17, 15) is 4.79 Å². The second kappa shape index (κ2) is 5.38. The summed E-state index contributed by atoms with van der Waals surface area (Å²) in [4.78, 5) is 17.8. The van der Waals surface area contributed by atoms with E-state index in [2.05, 4.69) is 10.6 Å². The molecule has 0 unspecified atom stereocenters. The zero-order valence-electron chi connectivity index (χ0n) is 11.4. The lowest BCUT2D eigenvalue weighted by atomic mass is 10.0. The van der Waals surface area contributed by atoms with Gasteiger partial charge in [0.15, 0.2) is 0 Å². The third kappa shape index (κ3) is 2.25. The number of aromatic nitrogens is 1. The van der Waals surface area contributed by atoms with Gasteiger partial charge in [-0.2, -0.15) is 0 Å². The Hall–Kier alpha value is -1.66. The fourth-order valence-corrected chi connectivity index (χ4v) is 3.64. The molecule has 6 heteroatoms. The molecule has 0 aliphatic carbocycles. The fourth-order valence-electron chi connectivity index (χ4n) is 2.59. The molecule has 2 aromatic rings. The van der Waals surface area contributed by atoms with Gasteiger partial charge < -0.3 is 16.4 Å². The van der Waals surface area contributed by atoms with E-state index in [4.69, 9.17) is 10.7 Å². The Labute approximate surface area is 121 Å². The van der Waals surface area contributed by atoms with Crippen LogP contribution in [0.1, 0.15) is 40.7 Å². The Morgan fingerprint density at radius 2 is 2.35 bits per heavy atom. The first-order chi connectivity index (χ1) is 9.70. The summed E-state index contributed by atoms with van der Waals surface area (Å²) in [6.07, 6.45) is 3.57. The standard InChI is InChI=1S/C14H18N4OS/c1-16-13(19)12-11(15)8-5-6-10(18-14(8)20-12)9-4-2-3-7-17-9/h5-6,9,17H,2-4,7,15H2,1H3,(H,16,19)/t9-/m1/s1. The molecule has 1 fully saturated rings. The van der Waals surface area contributed by atoms with Gasteiger partial charge in [0, 0.05) is 18.5 Å². The molecule has 1 atom stereocenters. The third-order valence-electron chi connectivity index (χ3n) is 3.72. The lowest BCUT2D eigenvalue weighted by Crippen LogP contribution is -2.27. The van der Waals surface area contributed by atoms with E-state index >= 15 is 0 Å². The maximum atomic E-state index is 11.8. The predicted octanol–water partition coefficient (Wildman–Crippen LogP) is 2.05. The molecule has 0 aromatic carbocycles. The van der Waals surface area contributed by atoms with Crippen LogP contribution in [0, 0.1) is 0 Å². The van der Waals surface area contributed by atoms with Crippen LogP contribution in [0.25, 0.3) is 10.2 Å². The number of amides is 1. The molecular formula is C14H18N4OS. The van der Waals surface area contributed by atoms with E-state index in [0.717, 1.165) is 28.9 Å². The highest BCUT2D eigenvalue weighted by Gasteiger charge is 2.20. The minimum absolute atomic E-state index is 0.150. The summed E-state index contributed by atoms with van der Waals surface area (Å²) >= 11 is 1.36. The van der Waals surface area contributed by atoms with E-state index < -0.39 is 0 Å². The summed E-state index contributed by atoms with van der Waals surface area (Å²) in [5.41, 5.74) is 7.61. The lowest BCUT2D eigenvalue weighted by Gasteiger charge is -2.22. The number of fused-ring (bicyclic) bond motifs is 1. The van der Waals surface area contributed by atoms with Crippen LogP contribution in [0.2, 0.25) is 0 Å². The second-order valence-corrected chi connectivity index (χ2v) is 6.01. The molecule has 0 spiro atoms. The molecule has 1 amide bonds. The van der Waals surface area contributed by atoms with Gasteiger partial charge >= 0.3 is 0 Å². The Morgan fingerprint density at radius 3 is 3.05 bits per heavy atom. The quantitative estimate of drug-likeness (QED) is 0.791. The average Bonchev–Trinajstić information content (AvgIpc) is 2.84. The zero-order chi connectivity index (χ0) is 14.1. The number of pyridine rings is 1. The highest BCUT2D eigenvalue weighted by Crippen LogP contribution is 2.34. The summed E-state index contributed by atoms with van der Waals surface area (Å²) in [6.45, 7) is 1.04. The highest BCUT2D eigenvalue weighted by atomic mass is 32.1. The van der Waals surface area contributed by atoms with Gasteiger partial charge in [0.05, 0.1) is 11.4 Å². The van der Waals surface area contributed by atoms with Gasteiger partial charge in [-0.3, -0.25) is 4.79 Å². The first kappa shape index (κ1) is 13.3. The van der Waals surface area contributed by atoms with E-state index in [-0.39, 0.29) is 5.91 Å². The highest BCUT2D eigenvalue weighted by molar-refractivity contribution is 7.21. The van der Waals surface area contributed by atoms with E-state index in [1.54, 1.807) is 7.05 Å². The largest absolute Gasteiger partial charge is 0.397 e. The molecule has 4 N–H and O–H groups in total. The Balaban J connectivity index is 2.00. The van der Waals surface area contributed by atoms with E-state index in [1.807, 2.05) is 12.1 Å². The Kier molecular flexibility index (Phi) is 3.58. The maximum absolute atomic E-state index is 11.8. The summed E-state index contributed by atoms with van der Waals surface area (Å²) in [5, 5.41) is 6.97. The van der Waals surface area contributed by atoms with Crippen molar-refractivity contribution in [3.63, 3.8) is 0 Å². The number of carbonyl (C=O) groups is 1. The SMILES string of the molecule is CNC(=O)c1sc2nc([C@H]3CCCCN3)ccc2c1N. The van der Waals surface area contributed by atoms with Gasteiger partial charge in [-0.15, -0.1) is 11.3 Å². The Morgan fingerprint density at radius 1 is 1.50 bits per heavy atom. The van der Waals surface area contributed by atoms with Crippen molar-refractivity contribution in [1.29, 1.82) is 0 Å². The molecule has 1 aliphatic heterocycles. The monoisotopic (exact) mass is 290 g/mol. The molecule has 106 valence electrons. The van der Waals surface area contributed by atoms with Crippen molar-refractivity contribution >= 4 is 33.1 Å². The fraction of sp³-hybridized carbons (Fsp3) is 0.429. The van der Waals surface area contributed by atoms with Crippen LogP contribution in [-0.4, -0.2) is 24.5 Å². The normalized spacial score (nSPS) is 19.1. The van der Waals surface area contributed by atoms with E-state index in [0.29, 0.717) is 16.6 Å². The average molecular weight is 290 g/mol. The number of anilines is 1. The van der Waals surface area contributed by atoms with Gasteiger partial charge in [-0.05, 0) is 31.5 Å². The molecule has 0 saturated carbocycles. The van der Waals surface area contributed by atoms with Gasteiger partial charge in [0.1, 0.15) is 9.71 Å². The van der Waals surface area contributed by atoms with Crippen molar-refractivity contribution in [3.05, 3.63) is 22.7 Å². The molecule has 3 rings (SSSR count). The maximum Gasteiger partial charge on any atom is 0.263 e. The van der Waals surface area contributed by atoms with Crippen LogP contribution >= 0.6 is 11.3 Å². The van der Waals surface area contributed by atoms with Crippen LogP contribution < -0.4 is 16.4 Å². The zero-order valence-corrected chi connectivity index (χ0v) is 12.2. The van der Waals surface area contributed by atoms with Gasteiger partial charge in [0.2, 0.25) is 0 Å². The Bertz CT molecular complexity index is 646. The van der Waals surface area contributed by atoms with Crippen molar-refractivity contribution in [2.75, 3.05) is 19.3 Å². The number of rotatable bonds is 2. The molecule has 20 heavy (non-hydrogen) atoms. The number of nitrogens with one attached hydrogen (secondary N) is 2. The van der Waals surface area contributed by atoms with Crippen LogP contribution in [0.5, 0.6) is 0 Å². The molecule has 2 aromatic heterocycles. The van der Waals surface area contributed by atoms with Crippen molar-refractivity contribution in [1.82, 2.24) is 15.6 Å². The molecule has 0 bridgehead atoms. The van der Waals surface area contributed by atoms with Crippen molar-refractivity contribution in [3.8, 4) is 0 Å². The van der Waals surface area contributed by atoms with Gasteiger partial charge in [0.25, 0.3) is 5.91 Å². The van der Waals surface area contributed by atoms with Crippen LogP contribution in [0.15, 0.2) is 12.1 Å². The summed E-state index contributed by atoms with van der Waals surface area (Å²) in [6, 6.07) is 4.31. The van der Waals surface area contributed by atoms with Crippen LogP contribution in [0.4, 0.5) is 5.69 Å². The third-order valence-corrected chi connectivity index (χ3v) is 4.83. The summed E-state index contributed by atoms with van der Waals surface area (Å²) in [5.74, 6) is -0.150. The number of hydrogen-bond acceptors (Lipinski definition) is 5. The predicted molar refractivity (Wildman–Crippen MR) is 82.0 cm³/mol. The number of nitrogen functional groups attached to an aromatic ring is 1. The second-order valence-electron chi connectivity index (χ2n) is 5.02.